The van der Waals surface area contributed by atoms with Gasteiger partial charge in [0.05, 0.1) is 24.2 Å². The lowest BCUT2D eigenvalue weighted by Gasteiger charge is -2.23. The highest BCUT2D eigenvalue weighted by molar-refractivity contribution is 6.36. The lowest BCUT2D eigenvalue weighted by Crippen LogP contribution is -2.32. The number of halogens is 4. The van der Waals surface area contributed by atoms with Crippen molar-refractivity contribution in [2.45, 2.75) is 38.4 Å². The SMILES string of the molecule is CCC(COc1cc(Nc2nc3ncc(O/C(=C/N)c4cnc(N(C)C(=O)C5CC5)cn4)c(Cl)c3n2C)cc(C(F)(F)F)c1)N(C)C. The number of nitrogens with one attached hydrogen (secondary N) is 1. The molecule has 0 bridgehead atoms. The predicted octanol–water partition coefficient (Wildman–Crippen LogP) is 5.60. The lowest BCUT2D eigenvalue weighted by molar-refractivity contribution is -0.137. The fourth-order valence-electron chi connectivity index (χ4n) is 4.80. The zero-order chi connectivity index (χ0) is 34.0. The van der Waals surface area contributed by atoms with Gasteiger partial charge < -0.3 is 30.0 Å². The Labute approximate surface area is 274 Å². The molecule has 1 aromatic carbocycles. The van der Waals surface area contributed by atoms with Gasteiger partial charge >= 0.3 is 6.18 Å². The second-order valence-electron chi connectivity index (χ2n) is 11.4. The fourth-order valence-corrected chi connectivity index (χ4v) is 5.09. The van der Waals surface area contributed by atoms with Gasteiger partial charge in [-0.2, -0.15) is 18.2 Å². The molecule has 1 saturated carbocycles. The highest BCUT2D eigenvalue weighted by Crippen LogP contribution is 2.38. The van der Waals surface area contributed by atoms with E-state index in [9.17, 15) is 18.0 Å². The van der Waals surface area contributed by atoms with E-state index in [4.69, 9.17) is 26.8 Å². The Balaban J connectivity index is 1.38. The van der Waals surface area contributed by atoms with E-state index in [1.54, 1.807) is 18.7 Å². The monoisotopic (exact) mass is 673 g/mol. The maximum atomic E-state index is 13.8. The van der Waals surface area contributed by atoms with Crippen molar-refractivity contribution in [1.82, 2.24) is 29.4 Å². The van der Waals surface area contributed by atoms with Crippen molar-refractivity contribution >= 4 is 51.9 Å². The molecule has 3 aromatic heterocycles. The molecule has 1 fully saturated rings. The van der Waals surface area contributed by atoms with E-state index in [0.29, 0.717) is 11.3 Å². The topological polar surface area (TPSA) is 137 Å². The van der Waals surface area contributed by atoms with Crippen molar-refractivity contribution in [2.75, 3.05) is 38.0 Å². The first kappa shape index (κ1) is 33.7. The van der Waals surface area contributed by atoms with E-state index in [-0.39, 0.29) is 69.7 Å². The minimum Gasteiger partial charge on any atom is -0.492 e. The van der Waals surface area contributed by atoms with Crippen LogP contribution in [0.4, 0.5) is 30.6 Å². The summed E-state index contributed by atoms with van der Waals surface area (Å²) < 4.78 is 54.7. The Morgan fingerprint density at radius 2 is 1.91 bits per heavy atom. The maximum absolute atomic E-state index is 13.8. The van der Waals surface area contributed by atoms with Gasteiger partial charge in [-0.05, 0) is 45.5 Å². The molecule has 3 heterocycles. The molecule has 0 spiro atoms. The van der Waals surface area contributed by atoms with Crippen LogP contribution < -0.4 is 25.4 Å². The van der Waals surface area contributed by atoms with Gasteiger partial charge in [0.2, 0.25) is 11.9 Å². The Morgan fingerprint density at radius 1 is 1.17 bits per heavy atom. The second kappa shape index (κ2) is 13.6. The molecule has 0 radical (unpaired) electrons. The molecule has 12 nitrogen and oxygen atoms in total. The van der Waals surface area contributed by atoms with Gasteiger partial charge in [-0.1, -0.05) is 18.5 Å². The maximum Gasteiger partial charge on any atom is 0.416 e. The summed E-state index contributed by atoms with van der Waals surface area (Å²) in [6.45, 7) is 2.19. The van der Waals surface area contributed by atoms with E-state index in [1.165, 1.54) is 35.8 Å². The molecule has 250 valence electrons. The van der Waals surface area contributed by atoms with Crippen LogP contribution in [0.25, 0.3) is 16.9 Å². The molecule has 4 aromatic rings. The lowest BCUT2D eigenvalue weighted by atomic mass is 10.1. The van der Waals surface area contributed by atoms with E-state index >= 15 is 0 Å². The summed E-state index contributed by atoms with van der Waals surface area (Å²) in [5.74, 6) is 0.888. The normalized spacial score (nSPS) is 14.4. The molecule has 3 N–H and O–H groups in total. The molecule has 1 aliphatic rings. The number of rotatable bonds is 12. The largest absolute Gasteiger partial charge is 0.492 e. The summed E-state index contributed by atoms with van der Waals surface area (Å²) in [7, 11) is 7.05. The van der Waals surface area contributed by atoms with Crippen molar-refractivity contribution < 1.29 is 27.4 Å². The number of anilines is 3. The standard InChI is InChI=1S/C31H35ClF3N9O3/c1-6-20(42(2)3)16-46-21-10-18(31(33,34)35)9-19(11-21)40-30-41-28-27(44(30)5)26(32)24(14-39-28)47-23(12-36)22-13-38-25(15-37-22)43(4)29(45)17-7-8-17/h9-15,17,20H,6-8,16,36H2,1-5H3,(H,39,40,41)/b23-12+. The number of nitrogens with zero attached hydrogens (tertiary/aromatic N) is 7. The Bertz CT molecular complexity index is 1790. The number of alkyl halides is 3. The van der Waals surface area contributed by atoms with Crippen LogP contribution in [-0.4, -0.2) is 69.1 Å². The zero-order valence-electron chi connectivity index (χ0n) is 26.5. The number of pyridine rings is 1. The number of aryl methyl sites for hydroxylation is 1. The highest BCUT2D eigenvalue weighted by atomic mass is 35.5. The molecule has 1 amide bonds. The summed E-state index contributed by atoms with van der Waals surface area (Å²) in [5, 5.41) is 3.06. The van der Waals surface area contributed by atoms with Gasteiger partial charge in [-0.15, -0.1) is 0 Å². The van der Waals surface area contributed by atoms with Gasteiger partial charge in [-0.3, -0.25) is 9.69 Å². The van der Waals surface area contributed by atoms with Gasteiger partial charge in [0.1, 0.15) is 28.6 Å². The van der Waals surface area contributed by atoms with Crippen LogP contribution in [0, 0.1) is 5.92 Å². The first-order chi connectivity index (χ1) is 22.3. The number of fused-ring (bicyclic) bond motifs is 1. The summed E-state index contributed by atoms with van der Waals surface area (Å²) in [6.07, 6.45) is 3.30. The first-order valence-corrected chi connectivity index (χ1v) is 15.2. The third-order valence-electron chi connectivity index (χ3n) is 7.80. The van der Waals surface area contributed by atoms with Crippen molar-refractivity contribution in [3.05, 3.63) is 59.3 Å². The minimum atomic E-state index is -4.60. The van der Waals surface area contributed by atoms with E-state index in [0.717, 1.165) is 31.4 Å². The molecule has 0 saturated heterocycles. The number of carbonyl (C=O) groups excluding carboxylic acids is 1. The van der Waals surface area contributed by atoms with Crippen molar-refractivity contribution in [1.29, 1.82) is 0 Å². The molecule has 16 heteroatoms. The average molecular weight is 674 g/mol. The molecule has 0 aliphatic heterocycles. The van der Waals surface area contributed by atoms with Crippen LogP contribution >= 0.6 is 11.6 Å². The number of aromatic nitrogens is 5. The number of amides is 1. The Hall–Kier alpha value is -4.63. The van der Waals surface area contributed by atoms with Crippen molar-refractivity contribution in [3.63, 3.8) is 0 Å². The fraction of sp³-hybridized carbons (Fsp3) is 0.387. The van der Waals surface area contributed by atoms with Gasteiger partial charge in [0.25, 0.3) is 0 Å². The third-order valence-corrected chi connectivity index (χ3v) is 8.17. The smallest absolute Gasteiger partial charge is 0.416 e. The first-order valence-electron chi connectivity index (χ1n) is 14.8. The number of likely N-dealkylation sites (N-methyl/N-ethyl adjacent to an activating group) is 1. The number of benzene rings is 1. The number of imidazole rings is 1. The Kier molecular flexibility index (Phi) is 9.77. The highest BCUT2D eigenvalue weighted by Gasteiger charge is 2.33. The molecular formula is C31H35ClF3N9O3. The van der Waals surface area contributed by atoms with Crippen molar-refractivity contribution in [2.24, 2.45) is 18.7 Å². The molecular weight excluding hydrogens is 639 g/mol. The van der Waals surface area contributed by atoms with E-state index < -0.39 is 11.7 Å². The predicted molar refractivity (Wildman–Crippen MR) is 172 cm³/mol. The van der Waals surface area contributed by atoms with Gasteiger partial charge in [0, 0.05) is 44.0 Å². The number of nitrogens with two attached hydrogens (primary N) is 1. The molecule has 5 rings (SSSR count). The Morgan fingerprint density at radius 3 is 2.51 bits per heavy atom. The molecule has 47 heavy (non-hydrogen) atoms. The number of carbonyl (C=O) groups is 1. The number of ether oxygens (including phenoxy) is 2. The van der Waals surface area contributed by atoms with Crippen LogP contribution in [0.15, 0.2) is 43.0 Å². The van der Waals surface area contributed by atoms with E-state index in [1.807, 2.05) is 25.9 Å². The van der Waals surface area contributed by atoms with Crippen molar-refractivity contribution in [3.8, 4) is 11.5 Å². The van der Waals surface area contributed by atoms with E-state index in [2.05, 4.69) is 25.3 Å². The van der Waals surface area contributed by atoms with Crippen LogP contribution in [0.5, 0.6) is 11.5 Å². The summed E-state index contributed by atoms with van der Waals surface area (Å²) in [5.41, 5.74) is 5.93. The van der Waals surface area contributed by atoms with Crippen LogP contribution in [-0.2, 0) is 18.0 Å². The quantitative estimate of drug-likeness (QED) is 0.183. The number of hydrogen-bond acceptors (Lipinski definition) is 10. The van der Waals surface area contributed by atoms with Gasteiger partial charge in [-0.25, -0.2) is 15.0 Å². The summed E-state index contributed by atoms with van der Waals surface area (Å²) >= 11 is 6.73. The zero-order valence-corrected chi connectivity index (χ0v) is 27.2. The molecule has 1 aliphatic carbocycles. The minimum absolute atomic E-state index is 0.0129. The number of hydrogen-bond donors (Lipinski definition) is 2. The van der Waals surface area contributed by atoms with Crippen LogP contribution in [0.1, 0.15) is 37.4 Å². The molecule has 1 unspecified atom stereocenters. The third kappa shape index (κ3) is 7.52. The molecule has 1 atom stereocenters. The summed E-state index contributed by atoms with van der Waals surface area (Å²) in [4.78, 5) is 33.2. The average Bonchev–Trinajstić information content (AvgIpc) is 3.84. The summed E-state index contributed by atoms with van der Waals surface area (Å²) in [6, 6.07) is 3.45. The van der Waals surface area contributed by atoms with Crippen LogP contribution in [0.3, 0.4) is 0 Å². The second-order valence-corrected chi connectivity index (χ2v) is 11.8. The van der Waals surface area contributed by atoms with Gasteiger partial charge in [0.15, 0.2) is 23.0 Å². The van der Waals surface area contributed by atoms with Crippen LogP contribution in [0.2, 0.25) is 5.02 Å².